The van der Waals surface area contributed by atoms with Gasteiger partial charge in [0, 0.05) is 17.4 Å². The number of benzene rings is 1. The fraction of sp³-hybridized carbons (Fsp3) is 0.643. The lowest BCUT2D eigenvalue weighted by Crippen LogP contribution is -2.60. The molecule has 5 rings (SSSR count). The van der Waals surface area contributed by atoms with E-state index in [1.54, 1.807) is 0 Å². The Labute approximate surface area is 191 Å². The number of ether oxygens (including phenoxy) is 1. The Morgan fingerprint density at radius 1 is 1.09 bits per heavy atom. The van der Waals surface area contributed by atoms with E-state index in [1.165, 1.54) is 5.56 Å². The van der Waals surface area contributed by atoms with Crippen molar-refractivity contribution in [2.45, 2.75) is 77.2 Å². The van der Waals surface area contributed by atoms with Crippen molar-refractivity contribution in [3.05, 3.63) is 48.0 Å². The normalized spacial score (nSPS) is 42.8. The van der Waals surface area contributed by atoms with Gasteiger partial charge in [0.05, 0.1) is 17.6 Å². The highest BCUT2D eigenvalue weighted by molar-refractivity contribution is 6.04. The third-order valence-corrected chi connectivity index (χ3v) is 9.99. The second-order valence-electron chi connectivity index (χ2n) is 11.5. The smallest absolute Gasteiger partial charge is 0.312 e. The van der Waals surface area contributed by atoms with Gasteiger partial charge in [0.25, 0.3) is 0 Å². The average molecular weight is 437 g/mol. The molecule has 4 saturated carbocycles. The van der Waals surface area contributed by atoms with Crippen LogP contribution in [0.15, 0.2) is 42.5 Å². The van der Waals surface area contributed by atoms with Crippen LogP contribution in [0.2, 0.25) is 0 Å². The van der Waals surface area contributed by atoms with Crippen molar-refractivity contribution >= 4 is 11.8 Å². The lowest BCUT2D eigenvalue weighted by atomic mass is 9.40. The van der Waals surface area contributed by atoms with Crippen molar-refractivity contribution < 1.29 is 19.4 Å². The van der Waals surface area contributed by atoms with Crippen molar-refractivity contribution in [1.29, 1.82) is 0 Å². The predicted octanol–water partition coefficient (Wildman–Crippen LogP) is 5.04. The summed E-state index contributed by atoms with van der Waals surface area (Å²) in [5, 5.41) is 11.1. The number of carbonyl (C=O) groups is 2. The van der Waals surface area contributed by atoms with E-state index in [0.29, 0.717) is 25.0 Å². The van der Waals surface area contributed by atoms with Crippen LogP contribution in [-0.2, 0) is 20.7 Å². The number of Topliss-reactive ketones (excluding diaryl/α,β-unsaturated/α-hetero) is 1. The van der Waals surface area contributed by atoms with Gasteiger partial charge < -0.3 is 9.84 Å². The topological polar surface area (TPSA) is 63.6 Å². The van der Waals surface area contributed by atoms with Crippen LogP contribution >= 0.6 is 0 Å². The third-order valence-electron chi connectivity index (χ3n) is 9.99. The second-order valence-corrected chi connectivity index (χ2v) is 11.5. The molecule has 32 heavy (non-hydrogen) atoms. The van der Waals surface area contributed by atoms with E-state index in [0.717, 1.165) is 44.9 Å². The molecule has 0 radical (unpaired) electrons. The van der Waals surface area contributed by atoms with Crippen LogP contribution in [-0.4, -0.2) is 29.1 Å². The fourth-order valence-electron chi connectivity index (χ4n) is 8.43. The highest BCUT2D eigenvalue weighted by atomic mass is 16.5. The van der Waals surface area contributed by atoms with E-state index in [4.69, 9.17) is 4.74 Å². The second kappa shape index (κ2) is 7.28. The molecule has 1 aromatic carbocycles. The molecule has 0 heterocycles. The van der Waals surface area contributed by atoms with Crippen molar-refractivity contribution in [3.8, 4) is 0 Å². The summed E-state index contributed by atoms with van der Waals surface area (Å²) in [5.41, 5.74) is -0.493. The van der Waals surface area contributed by atoms with Gasteiger partial charge in [0.1, 0.15) is 0 Å². The number of hydrogen-bond donors (Lipinski definition) is 1. The number of carbonyl (C=O) groups excluding carboxylic acids is 2. The van der Waals surface area contributed by atoms with Crippen LogP contribution in [0.1, 0.15) is 70.8 Å². The zero-order valence-electron chi connectivity index (χ0n) is 19.5. The molecule has 0 unspecified atom stereocenters. The number of esters is 1. The largest absolute Gasteiger partial charge is 0.465 e. The quantitative estimate of drug-likeness (QED) is 0.531. The van der Waals surface area contributed by atoms with E-state index in [9.17, 15) is 14.7 Å². The zero-order chi connectivity index (χ0) is 22.8. The van der Waals surface area contributed by atoms with Gasteiger partial charge in [-0.15, -0.1) is 0 Å². The molecule has 6 atom stereocenters. The first kappa shape index (κ1) is 21.9. The molecule has 172 valence electrons. The van der Waals surface area contributed by atoms with Crippen molar-refractivity contribution in [3.63, 3.8) is 0 Å². The van der Waals surface area contributed by atoms with Gasteiger partial charge in [-0.05, 0) is 74.7 Å². The summed E-state index contributed by atoms with van der Waals surface area (Å²) >= 11 is 0. The molecule has 0 saturated heterocycles. The predicted molar refractivity (Wildman–Crippen MR) is 123 cm³/mol. The molecule has 1 N–H and O–H groups in total. The Bertz CT molecular complexity index is 953. The zero-order valence-corrected chi connectivity index (χ0v) is 19.5. The fourth-order valence-corrected chi connectivity index (χ4v) is 8.43. The molecule has 1 aromatic rings. The number of aliphatic hydroxyl groups is 1. The maximum absolute atomic E-state index is 13.4. The van der Waals surface area contributed by atoms with Gasteiger partial charge >= 0.3 is 5.97 Å². The molecule has 4 fully saturated rings. The Kier molecular flexibility index (Phi) is 4.98. The minimum Gasteiger partial charge on any atom is -0.465 e. The van der Waals surface area contributed by atoms with Crippen molar-refractivity contribution in [1.82, 2.24) is 0 Å². The minimum atomic E-state index is -1.01. The molecule has 4 nitrogen and oxygen atoms in total. The van der Waals surface area contributed by atoms with E-state index in [-0.39, 0.29) is 29.0 Å². The lowest BCUT2D eigenvalue weighted by Gasteiger charge is -2.63. The SMILES string of the molecule is C=C1C(=O)[C@@]23CC[C@H]4[C@@](C)(CCC[C@@]4(C)C(=O)OCCc4ccccc4)[C@@H]2CC[C@]1(O)C3. The van der Waals surface area contributed by atoms with Gasteiger partial charge in [-0.2, -0.15) is 0 Å². The molecule has 1 spiro atoms. The van der Waals surface area contributed by atoms with E-state index in [2.05, 4.69) is 32.6 Å². The summed E-state index contributed by atoms with van der Waals surface area (Å²) in [6.45, 7) is 8.83. The molecule has 0 aromatic heterocycles. The Hall–Kier alpha value is -1.94. The Morgan fingerprint density at radius 2 is 1.81 bits per heavy atom. The third kappa shape index (κ3) is 2.91. The van der Waals surface area contributed by atoms with Crippen molar-refractivity contribution in [2.24, 2.45) is 28.1 Å². The number of rotatable bonds is 4. The van der Waals surface area contributed by atoms with Crippen LogP contribution in [0.4, 0.5) is 0 Å². The maximum Gasteiger partial charge on any atom is 0.312 e. The standard InChI is InChI=1S/C28H36O4/c1-19-23(29)27-15-10-21-25(2,22(27)11-16-28(19,31)18-27)13-7-14-26(21,3)24(30)32-17-12-20-8-5-4-6-9-20/h4-6,8-9,21-22,31H,1,7,10-18H2,2-3H3/t21-,22-,25+,26+,27+,28-/m0/s1. The average Bonchev–Trinajstić information content (AvgIpc) is 2.90. The molecule has 4 aliphatic rings. The van der Waals surface area contributed by atoms with Gasteiger partial charge in [-0.3, -0.25) is 9.59 Å². The summed E-state index contributed by atoms with van der Waals surface area (Å²) in [4.78, 5) is 26.8. The van der Waals surface area contributed by atoms with Crippen LogP contribution in [0.3, 0.4) is 0 Å². The van der Waals surface area contributed by atoms with Crippen molar-refractivity contribution in [2.75, 3.05) is 6.61 Å². The molecule has 0 aliphatic heterocycles. The first-order chi connectivity index (χ1) is 15.2. The van der Waals surface area contributed by atoms with Gasteiger partial charge in [0.15, 0.2) is 5.78 Å². The highest BCUT2D eigenvalue weighted by Gasteiger charge is 2.71. The first-order valence-electron chi connectivity index (χ1n) is 12.3. The number of ketones is 1. The minimum absolute atomic E-state index is 0.0743. The molecule has 4 heteroatoms. The maximum atomic E-state index is 13.4. The number of fused-ring (bicyclic) bond motifs is 3. The van der Waals surface area contributed by atoms with E-state index < -0.39 is 16.4 Å². The first-order valence-corrected chi connectivity index (χ1v) is 12.3. The van der Waals surface area contributed by atoms with E-state index >= 15 is 0 Å². The summed E-state index contributed by atoms with van der Waals surface area (Å²) < 4.78 is 5.87. The summed E-state index contributed by atoms with van der Waals surface area (Å²) in [6.07, 6.45) is 7.17. The molecular weight excluding hydrogens is 400 g/mol. The number of hydrogen-bond acceptors (Lipinski definition) is 4. The summed E-state index contributed by atoms with van der Waals surface area (Å²) in [5.74, 6) is 0.434. The van der Waals surface area contributed by atoms with Crippen LogP contribution < -0.4 is 0 Å². The Balaban J connectivity index is 1.37. The van der Waals surface area contributed by atoms with Gasteiger partial charge in [-0.1, -0.05) is 50.3 Å². The van der Waals surface area contributed by atoms with Gasteiger partial charge in [-0.25, -0.2) is 0 Å². The monoisotopic (exact) mass is 436 g/mol. The molecule has 0 amide bonds. The van der Waals surface area contributed by atoms with Crippen LogP contribution in [0.25, 0.3) is 0 Å². The summed E-state index contributed by atoms with van der Waals surface area (Å²) in [7, 11) is 0. The highest BCUT2D eigenvalue weighted by Crippen LogP contribution is 2.71. The van der Waals surface area contributed by atoms with Gasteiger partial charge in [0.2, 0.25) is 0 Å². The summed E-state index contributed by atoms with van der Waals surface area (Å²) in [6, 6.07) is 10.1. The van der Waals surface area contributed by atoms with E-state index in [1.807, 2.05) is 18.2 Å². The molecule has 2 bridgehead atoms. The van der Waals surface area contributed by atoms with Crippen LogP contribution in [0.5, 0.6) is 0 Å². The molecular formula is C28H36O4. The van der Waals surface area contributed by atoms with Crippen LogP contribution in [0, 0.1) is 28.1 Å². The lowest BCUT2D eigenvalue weighted by molar-refractivity contribution is -0.191. The molecule has 4 aliphatic carbocycles. The Morgan fingerprint density at radius 3 is 2.56 bits per heavy atom.